The lowest BCUT2D eigenvalue weighted by molar-refractivity contribution is 0.553. The van der Waals surface area contributed by atoms with Crippen molar-refractivity contribution in [1.82, 2.24) is 5.32 Å². The molecule has 0 radical (unpaired) electrons. The van der Waals surface area contributed by atoms with Crippen molar-refractivity contribution in [2.24, 2.45) is 0 Å². The SMILES string of the molecule is CCC(C)SCCCC1CCCN1. The summed E-state index contributed by atoms with van der Waals surface area (Å²) < 4.78 is 0. The highest BCUT2D eigenvalue weighted by Gasteiger charge is 2.12. The molecule has 2 atom stereocenters. The predicted molar refractivity (Wildman–Crippen MR) is 62.5 cm³/mol. The molecule has 2 heteroatoms. The maximum atomic E-state index is 3.55. The van der Waals surface area contributed by atoms with Gasteiger partial charge in [0.2, 0.25) is 0 Å². The van der Waals surface area contributed by atoms with E-state index >= 15 is 0 Å². The fraction of sp³-hybridized carbons (Fsp3) is 1.00. The Morgan fingerprint density at radius 2 is 2.38 bits per heavy atom. The van der Waals surface area contributed by atoms with E-state index < -0.39 is 0 Å². The van der Waals surface area contributed by atoms with Crippen molar-refractivity contribution < 1.29 is 0 Å². The van der Waals surface area contributed by atoms with Gasteiger partial charge >= 0.3 is 0 Å². The molecule has 0 bridgehead atoms. The van der Waals surface area contributed by atoms with Crippen LogP contribution in [0.15, 0.2) is 0 Å². The lowest BCUT2D eigenvalue weighted by Gasteiger charge is -2.11. The van der Waals surface area contributed by atoms with Crippen LogP contribution in [0.3, 0.4) is 0 Å². The maximum Gasteiger partial charge on any atom is 0.00678 e. The van der Waals surface area contributed by atoms with Crippen LogP contribution in [-0.4, -0.2) is 23.6 Å². The molecule has 1 saturated heterocycles. The van der Waals surface area contributed by atoms with E-state index in [1.807, 2.05) is 0 Å². The zero-order chi connectivity index (χ0) is 9.52. The van der Waals surface area contributed by atoms with E-state index in [0.29, 0.717) is 0 Å². The summed E-state index contributed by atoms with van der Waals surface area (Å²) >= 11 is 2.13. The predicted octanol–water partition coefficient (Wildman–Crippen LogP) is 3.05. The summed E-state index contributed by atoms with van der Waals surface area (Å²) in [5.41, 5.74) is 0. The number of hydrogen-bond acceptors (Lipinski definition) is 2. The van der Waals surface area contributed by atoms with Gasteiger partial charge in [0.1, 0.15) is 0 Å². The van der Waals surface area contributed by atoms with Crippen LogP contribution in [0, 0.1) is 0 Å². The topological polar surface area (TPSA) is 12.0 Å². The maximum absolute atomic E-state index is 3.55. The lowest BCUT2D eigenvalue weighted by Crippen LogP contribution is -2.21. The van der Waals surface area contributed by atoms with Crippen LogP contribution >= 0.6 is 11.8 Å². The fourth-order valence-electron chi connectivity index (χ4n) is 1.74. The van der Waals surface area contributed by atoms with Crippen molar-refractivity contribution in [3.05, 3.63) is 0 Å². The van der Waals surface area contributed by atoms with Crippen molar-refractivity contribution in [2.45, 2.75) is 57.2 Å². The van der Waals surface area contributed by atoms with E-state index in [9.17, 15) is 0 Å². The first-order valence-corrected chi connectivity index (χ1v) is 6.72. The molecule has 1 nitrogen and oxygen atoms in total. The number of thioether (sulfide) groups is 1. The van der Waals surface area contributed by atoms with Gasteiger partial charge in [-0.15, -0.1) is 0 Å². The first-order valence-electron chi connectivity index (χ1n) is 5.68. The molecule has 0 aromatic heterocycles. The van der Waals surface area contributed by atoms with E-state index in [1.165, 1.54) is 44.4 Å². The summed E-state index contributed by atoms with van der Waals surface area (Å²) in [6, 6.07) is 0.845. The van der Waals surface area contributed by atoms with Crippen molar-refractivity contribution in [1.29, 1.82) is 0 Å². The molecule has 0 aliphatic carbocycles. The summed E-state index contributed by atoms with van der Waals surface area (Å²) in [5.74, 6) is 1.35. The summed E-state index contributed by atoms with van der Waals surface area (Å²) in [6.07, 6.45) is 6.90. The zero-order valence-electron chi connectivity index (χ0n) is 9.01. The van der Waals surface area contributed by atoms with Crippen LogP contribution in [-0.2, 0) is 0 Å². The lowest BCUT2D eigenvalue weighted by atomic mass is 10.1. The van der Waals surface area contributed by atoms with E-state index in [2.05, 4.69) is 30.9 Å². The zero-order valence-corrected chi connectivity index (χ0v) is 9.83. The highest BCUT2D eigenvalue weighted by atomic mass is 32.2. The van der Waals surface area contributed by atoms with Gasteiger partial charge in [0.05, 0.1) is 0 Å². The molecule has 1 heterocycles. The summed E-state index contributed by atoms with van der Waals surface area (Å²) in [4.78, 5) is 0. The molecule has 0 amide bonds. The number of hydrogen-bond donors (Lipinski definition) is 1. The summed E-state index contributed by atoms with van der Waals surface area (Å²) in [6.45, 7) is 5.86. The molecular weight excluding hydrogens is 178 g/mol. The van der Waals surface area contributed by atoms with E-state index in [1.54, 1.807) is 0 Å². The largest absolute Gasteiger partial charge is 0.314 e. The van der Waals surface area contributed by atoms with Gasteiger partial charge in [-0.05, 0) is 44.4 Å². The molecule has 1 aliphatic rings. The highest BCUT2D eigenvalue weighted by molar-refractivity contribution is 7.99. The minimum Gasteiger partial charge on any atom is -0.314 e. The molecule has 78 valence electrons. The quantitative estimate of drug-likeness (QED) is 0.663. The van der Waals surface area contributed by atoms with Gasteiger partial charge in [-0.1, -0.05) is 13.8 Å². The van der Waals surface area contributed by atoms with Gasteiger partial charge in [-0.3, -0.25) is 0 Å². The number of nitrogens with one attached hydrogen (secondary N) is 1. The molecule has 0 aromatic carbocycles. The average Bonchev–Trinajstić information content (AvgIpc) is 2.64. The second kappa shape index (κ2) is 6.72. The normalized spacial score (nSPS) is 24.9. The summed E-state index contributed by atoms with van der Waals surface area (Å²) in [7, 11) is 0. The van der Waals surface area contributed by atoms with E-state index in [-0.39, 0.29) is 0 Å². The number of rotatable bonds is 6. The van der Waals surface area contributed by atoms with Gasteiger partial charge in [0, 0.05) is 11.3 Å². The van der Waals surface area contributed by atoms with Gasteiger partial charge in [0.25, 0.3) is 0 Å². The van der Waals surface area contributed by atoms with Crippen molar-refractivity contribution in [2.75, 3.05) is 12.3 Å². The van der Waals surface area contributed by atoms with Crippen LogP contribution in [0.25, 0.3) is 0 Å². The second-order valence-electron chi connectivity index (χ2n) is 4.03. The minimum absolute atomic E-state index is 0.845. The average molecular weight is 201 g/mol. The Hall–Kier alpha value is 0.310. The van der Waals surface area contributed by atoms with Crippen molar-refractivity contribution >= 4 is 11.8 Å². The Morgan fingerprint density at radius 3 is 3.00 bits per heavy atom. The second-order valence-corrected chi connectivity index (χ2v) is 5.57. The standard InChI is InChI=1S/C11H23NS/c1-3-10(2)13-9-5-7-11-6-4-8-12-11/h10-12H,3-9H2,1-2H3. The Labute approximate surface area is 87.1 Å². The summed E-state index contributed by atoms with van der Waals surface area (Å²) in [5, 5.41) is 4.41. The van der Waals surface area contributed by atoms with Crippen molar-refractivity contribution in [3.8, 4) is 0 Å². The molecular formula is C11H23NS. The van der Waals surface area contributed by atoms with E-state index in [0.717, 1.165) is 11.3 Å². The van der Waals surface area contributed by atoms with Gasteiger partial charge in [-0.25, -0.2) is 0 Å². The first kappa shape index (κ1) is 11.4. The first-order chi connectivity index (χ1) is 6.33. The molecule has 1 aliphatic heterocycles. The molecule has 0 aromatic rings. The van der Waals surface area contributed by atoms with Crippen LogP contribution in [0.5, 0.6) is 0 Å². The monoisotopic (exact) mass is 201 g/mol. The van der Waals surface area contributed by atoms with Gasteiger partial charge in [0.15, 0.2) is 0 Å². The fourth-order valence-corrected chi connectivity index (χ4v) is 2.71. The third-order valence-corrected chi connectivity index (χ3v) is 4.26. The Bertz CT molecular complexity index is 121. The third kappa shape index (κ3) is 4.92. The van der Waals surface area contributed by atoms with Crippen LogP contribution < -0.4 is 5.32 Å². The van der Waals surface area contributed by atoms with E-state index in [4.69, 9.17) is 0 Å². The van der Waals surface area contributed by atoms with Crippen LogP contribution in [0.4, 0.5) is 0 Å². The molecule has 1 N–H and O–H groups in total. The minimum atomic E-state index is 0.845. The van der Waals surface area contributed by atoms with Gasteiger partial charge in [-0.2, -0.15) is 11.8 Å². The molecule has 0 spiro atoms. The smallest absolute Gasteiger partial charge is 0.00678 e. The molecule has 0 saturated carbocycles. The molecule has 1 fully saturated rings. The molecule has 2 unspecified atom stereocenters. The highest BCUT2D eigenvalue weighted by Crippen LogP contribution is 2.17. The van der Waals surface area contributed by atoms with Crippen LogP contribution in [0.2, 0.25) is 0 Å². The Kier molecular flexibility index (Phi) is 5.88. The van der Waals surface area contributed by atoms with Crippen molar-refractivity contribution in [3.63, 3.8) is 0 Å². The Balaban J connectivity index is 1.88. The third-order valence-electron chi connectivity index (χ3n) is 2.84. The molecule has 1 rings (SSSR count). The van der Waals surface area contributed by atoms with Crippen LogP contribution in [0.1, 0.15) is 46.0 Å². The molecule has 13 heavy (non-hydrogen) atoms. The van der Waals surface area contributed by atoms with Gasteiger partial charge < -0.3 is 5.32 Å². The Morgan fingerprint density at radius 1 is 1.54 bits per heavy atom.